The van der Waals surface area contributed by atoms with Crippen molar-refractivity contribution in [1.82, 2.24) is 9.55 Å². The summed E-state index contributed by atoms with van der Waals surface area (Å²) in [6, 6.07) is 5.70. The van der Waals surface area contributed by atoms with Gasteiger partial charge in [0, 0.05) is 32.4 Å². The Morgan fingerprint density at radius 1 is 1.32 bits per heavy atom. The van der Waals surface area contributed by atoms with Gasteiger partial charge in [0.2, 0.25) is 0 Å². The maximum absolute atomic E-state index is 11.8. The Bertz CT molecular complexity index is 848. The third kappa shape index (κ3) is 2.92. The van der Waals surface area contributed by atoms with Crippen LogP contribution in [0.5, 0.6) is 0 Å². The van der Waals surface area contributed by atoms with Crippen LogP contribution in [-0.2, 0) is 7.05 Å². The first-order valence-electron chi connectivity index (χ1n) is 6.23. The molecular formula is C13H13N5O4. The van der Waals surface area contributed by atoms with Crippen molar-refractivity contribution in [2.75, 3.05) is 12.4 Å². The number of H-pyrrole nitrogens is 1. The monoisotopic (exact) mass is 303 g/mol. The van der Waals surface area contributed by atoms with Crippen LogP contribution in [0, 0.1) is 10.1 Å². The number of nitro benzene ring substituents is 1. The molecule has 0 saturated carbocycles. The van der Waals surface area contributed by atoms with Crippen LogP contribution in [0.1, 0.15) is 5.56 Å². The lowest BCUT2D eigenvalue weighted by atomic mass is 10.2. The van der Waals surface area contributed by atoms with Gasteiger partial charge in [0.1, 0.15) is 5.82 Å². The lowest BCUT2D eigenvalue weighted by Gasteiger charge is -2.08. The highest BCUT2D eigenvalue weighted by molar-refractivity contribution is 5.83. The Hall–Kier alpha value is -3.23. The summed E-state index contributed by atoms with van der Waals surface area (Å²) in [6.45, 7) is 0. The molecule has 22 heavy (non-hydrogen) atoms. The number of nitro groups is 1. The summed E-state index contributed by atoms with van der Waals surface area (Å²) >= 11 is 0. The van der Waals surface area contributed by atoms with Crippen molar-refractivity contribution in [2.45, 2.75) is 0 Å². The highest BCUT2D eigenvalue weighted by Gasteiger charge is 2.10. The van der Waals surface area contributed by atoms with Crippen molar-refractivity contribution in [3.63, 3.8) is 0 Å². The summed E-state index contributed by atoms with van der Waals surface area (Å²) in [5.74, 6) is 0.270. The molecule has 0 aliphatic carbocycles. The molecule has 0 amide bonds. The highest BCUT2D eigenvalue weighted by atomic mass is 16.6. The van der Waals surface area contributed by atoms with Gasteiger partial charge in [-0.3, -0.25) is 24.5 Å². The lowest BCUT2D eigenvalue weighted by Crippen LogP contribution is -2.29. The predicted octanol–water partition coefficient (Wildman–Crippen LogP) is 0.774. The van der Waals surface area contributed by atoms with Crippen LogP contribution < -0.4 is 16.6 Å². The number of non-ortho nitro benzene ring substituents is 1. The molecule has 0 unspecified atom stereocenters. The van der Waals surface area contributed by atoms with Crippen molar-refractivity contribution in [1.29, 1.82) is 0 Å². The van der Waals surface area contributed by atoms with E-state index in [1.165, 1.54) is 42.1 Å². The molecule has 2 aromatic rings. The Morgan fingerprint density at radius 2 is 1.95 bits per heavy atom. The number of aromatic amines is 1. The predicted molar refractivity (Wildman–Crippen MR) is 82.2 cm³/mol. The van der Waals surface area contributed by atoms with E-state index in [1.54, 1.807) is 7.05 Å². The molecule has 0 atom stereocenters. The van der Waals surface area contributed by atoms with Crippen molar-refractivity contribution in [3.05, 3.63) is 60.8 Å². The quantitative estimate of drug-likeness (QED) is 0.491. The summed E-state index contributed by atoms with van der Waals surface area (Å²) in [7, 11) is 3.06. The molecule has 1 aromatic carbocycles. The molecule has 0 spiro atoms. The van der Waals surface area contributed by atoms with Crippen LogP contribution in [0.15, 0.2) is 38.8 Å². The Kier molecular flexibility index (Phi) is 4.16. The van der Waals surface area contributed by atoms with Gasteiger partial charge in [0.15, 0.2) is 5.69 Å². The van der Waals surface area contributed by atoms with Gasteiger partial charge >= 0.3 is 5.69 Å². The number of hydrogen-bond acceptors (Lipinski definition) is 6. The zero-order chi connectivity index (χ0) is 16.3. The molecule has 1 heterocycles. The van der Waals surface area contributed by atoms with Gasteiger partial charge in [-0.1, -0.05) is 0 Å². The third-order valence-corrected chi connectivity index (χ3v) is 2.98. The lowest BCUT2D eigenvalue weighted by molar-refractivity contribution is -0.384. The maximum Gasteiger partial charge on any atom is 0.329 e. The number of hydrogen-bond donors (Lipinski definition) is 2. The number of nitrogens with zero attached hydrogens (tertiary/aromatic N) is 3. The average molecular weight is 303 g/mol. The normalized spacial score (nSPS) is 10.8. The second-order valence-electron chi connectivity index (χ2n) is 4.37. The van der Waals surface area contributed by atoms with E-state index in [4.69, 9.17) is 0 Å². The first-order chi connectivity index (χ1) is 10.4. The second kappa shape index (κ2) is 6.04. The molecule has 0 aliphatic heterocycles. The number of anilines is 1. The molecule has 1 aromatic heterocycles. The molecule has 9 nitrogen and oxygen atoms in total. The van der Waals surface area contributed by atoms with Gasteiger partial charge in [-0.05, 0) is 17.7 Å². The smallest absolute Gasteiger partial charge is 0.329 e. The van der Waals surface area contributed by atoms with Crippen LogP contribution in [0.2, 0.25) is 0 Å². The van der Waals surface area contributed by atoms with Gasteiger partial charge in [-0.15, -0.1) is 0 Å². The minimum Gasteiger partial charge on any atom is -0.372 e. The van der Waals surface area contributed by atoms with E-state index < -0.39 is 16.2 Å². The number of aliphatic imine (C=N–C) groups is 1. The van der Waals surface area contributed by atoms with E-state index in [2.05, 4.69) is 15.3 Å². The van der Waals surface area contributed by atoms with Crippen LogP contribution in [0.4, 0.5) is 17.2 Å². The third-order valence-electron chi connectivity index (χ3n) is 2.98. The van der Waals surface area contributed by atoms with Crippen molar-refractivity contribution in [3.8, 4) is 0 Å². The first-order valence-corrected chi connectivity index (χ1v) is 6.23. The highest BCUT2D eigenvalue weighted by Crippen LogP contribution is 2.17. The zero-order valence-electron chi connectivity index (χ0n) is 11.9. The summed E-state index contributed by atoms with van der Waals surface area (Å²) in [5, 5.41) is 13.3. The second-order valence-corrected chi connectivity index (χ2v) is 4.37. The van der Waals surface area contributed by atoms with Crippen LogP contribution >= 0.6 is 0 Å². The standard InChI is InChI=1S/C13H13N5O4/c1-14-11-10(12(19)16-13(20)17(11)2)15-7-8-3-5-9(6-4-8)18(21)22/h3-7,14H,1-2H3,(H,16,19,20). The fourth-order valence-electron chi connectivity index (χ4n) is 1.84. The molecule has 9 heteroatoms. The van der Waals surface area contributed by atoms with Crippen LogP contribution in [0.25, 0.3) is 0 Å². The molecule has 114 valence electrons. The maximum atomic E-state index is 11.8. The van der Waals surface area contributed by atoms with E-state index >= 15 is 0 Å². The van der Waals surface area contributed by atoms with Crippen molar-refractivity contribution >= 4 is 23.4 Å². The fraction of sp³-hybridized carbons (Fsp3) is 0.154. The molecule has 2 rings (SSSR count). The SMILES string of the molecule is CNc1c(N=Cc2ccc([N+](=O)[O-])cc2)c(=O)[nH]c(=O)n1C. The van der Waals surface area contributed by atoms with Crippen LogP contribution in [-0.4, -0.2) is 27.7 Å². The Morgan fingerprint density at radius 3 is 2.50 bits per heavy atom. The van der Waals surface area contributed by atoms with Gasteiger partial charge in [-0.2, -0.15) is 0 Å². The molecular weight excluding hydrogens is 290 g/mol. The van der Waals surface area contributed by atoms with E-state index in [9.17, 15) is 19.7 Å². The number of nitrogens with one attached hydrogen (secondary N) is 2. The molecule has 0 bridgehead atoms. The van der Waals surface area contributed by atoms with Gasteiger partial charge < -0.3 is 5.32 Å². The molecule has 0 radical (unpaired) electrons. The summed E-state index contributed by atoms with van der Waals surface area (Å²) in [4.78, 5) is 39.6. The molecule has 2 N–H and O–H groups in total. The minimum absolute atomic E-state index is 0.0342. The van der Waals surface area contributed by atoms with E-state index in [-0.39, 0.29) is 17.2 Å². The van der Waals surface area contributed by atoms with Crippen molar-refractivity contribution in [2.24, 2.45) is 12.0 Å². The number of benzene rings is 1. The van der Waals surface area contributed by atoms with E-state index in [0.29, 0.717) is 5.56 Å². The summed E-state index contributed by atoms with van der Waals surface area (Å²) in [6.07, 6.45) is 1.39. The molecule has 0 saturated heterocycles. The van der Waals surface area contributed by atoms with Gasteiger partial charge in [-0.25, -0.2) is 9.79 Å². The first kappa shape index (κ1) is 15.2. The van der Waals surface area contributed by atoms with Crippen molar-refractivity contribution < 1.29 is 4.92 Å². The summed E-state index contributed by atoms with van der Waals surface area (Å²) in [5.41, 5.74) is -0.578. The number of aromatic nitrogens is 2. The Labute approximate surface area is 124 Å². The number of rotatable bonds is 4. The molecule has 0 aliphatic rings. The van der Waals surface area contributed by atoms with E-state index in [1.807, 2.05) is 0 Å². The largest absolute Gasteiger partial charge is 0.372 e. The molecule has 0 fully saturated rings. The van der Waals surface area contributed by atoms with Gasteiger partial charge in [0.25, 0.3) is 11.2 Å². The summed E-state index contributed by atoms with van der Waals surface area (Å²) < 4.78 is 1.23. The Balaban J connectivity index is 2.42. The zero-order valence-corrected chi connectivity index (χ0v) is 11.9. The fourth-order valence-corrected chi connectivity index (χ4v) is 1.84. The van der Waals surface area contributed by atoms with E-state index in [0.717, 1.165) is 0 Å². The topological polar surface area (TPSA) is 122 Å². The van der Waals surface area contributed by atoms with Crippen LogP contribution in [0.3, 0.4) is 0 Å². The van der Waals surface area contributed by atoms with Gasteiger partial charge in [0.05, 0.1) is 4.92 Å². The minimum atomic E-state index is -0.620. The average Bonchev–Trinajstić information content (AvgIpc) is 2.49.